The Morgan fingerprint density at radius 1 is 1.00 bits per heavy atom. The van der Waals surface area contributed by atoms with Gasteiger partial charge in [-0.05, 0) is 87.2 Å². The zero-order valence-corrected chi connectivity index (χ0v) is 21.4. The van der Waals surface area contributed by atoms with Gasteiger partial charge in [0.25, 0.3) is 5.91 Å². The Morgan fingerprint density at radius 2 is 1.76 bits per heavy atom. The lowest BCUT2D eigenvalue weighted by Gasteiger charge is -2.25. The summed E-state index contributed by atoms with van der Waals surface area (Å²) >= 11 is 1.56. The van der Waals surface area contributed by atoms with Gasteiger partial charge in [0.05, 0.1) is 16.8 Å². The van der Waals surface area contributed by atoms with E-state index in [-0.39, 0.29) is 18.3 Å². The van der Waals surface area contributed by atoms with Crippen LogP contribution in [0.15, 0.2) is 36.4 Å². The maximum absolute atomic E-state index is 13.7. The third-order valence-electron chi connectivity index (χ3n) is 6.27. The number of fused-ring (bicyclic) bond motifs is 2. The van der Waals surface area contributed by atoms with Gasteiger partial charge in [0.2, 0.25) is 0 Å². The Bertz CT molecular complexity index is 1080. The molecule has 3 aromatic rings. The van der Waals surface area contributed by atoms with Crippen molar-refractivity contribution in [1.82, 2.24) is 9.88 Å². The molecular formula is C26H34ClN3O2S. The lowest BCUT2D eigenvalue weighted by atomic mass is 9.90. The second-order valence-corrected chi connectivity index (χ2v) is 9.24. The summed E-state index contributed by atoms with van der Waals surface area (Å²) in [5, 5.41) is 0.753. The lowest BCUT2D eigenvalue weighted by Crippen LogP contribution is -2.39. The van der Waals surface area contributed by atoms with E-state index in [9.17, 15) is 4.79 Å². The highest BCUT2D eigenvalue weighted by atomic mass is 35.5. The molecule has 1 aliphatic rings. The number of halogens is 1. The fourth-order valence-corrected chi connectivity index (χ4v) is 5.37. The van der Waals surface area contributed by atoms with Gasteiger partial charge in [0.1, 0.15) is 5.75 Å². The number of aryl methyl sites for hydroxylation is 2. The summed E-state index contributed by atoms with van der Waals surface area (Å²) in [7, 11) is 0. The summed E-state index contributed by atoms with van der Waals surface area (Å²) < 4.78 is 6.69. The molecule has 0 N–H and O–H groups in total. The molecule has 4 rings (SSSR count). The van der Waals surface area contributed by atoms with Crippen LogP contribution in [0.25, 0.3) is 10.2 Å². The number of aromatic nitrogens is 1. The largest absolute Gasteiger partial charge is 0.494 e. The zero-order chi connectivity index (χ0) is 22.5. The minimum absolute atomic E-state index is 0. The van der Waals surface area contributed by atoms with Crippen LogP contribution in [0.4, 0.5) is 5.13 Å². The molecule has 2 aromatic carbocycles. The number of ether oxygens (including phenoxy) is 1. The maximum atomic E-state index is 13.7. The SMILES string of the molecule is CCOc1ccc2nc(N(CCN(CC)CC)C(=O)c3ccc4c(c3)CCCC4)sc2c1.Cl. The van der Waals surface area contributed by atoms with Gasteiger partial charge >= 0.3 is 0 Å². The van der Waals surface area contributed by atoms with E-state index in [2.05, 4.69) is 30.9 Å². The molecule has 1 aliphatic carbocycles. The molecule has 7 heteroatoms. The first-order valence-electron chi connectivity index (χ1n) is 11.8. The molecule has 0 atom stereocenters. The van der Waals surface area contributed by atoms with Crippen LogP contribution in [-0.2, 0) is 12.8 Å². The van der Waals surface area contributed by atoms with Crippen LogP contribution in [0.1, 0.15) is 55.1 Å². The van der Waals surface area contributed by atoms with Gasteiger partial charge in [-0.1, -0.05) is 31.3 Å². The molecule has 0 radical (unpaired) electrons. The van der Waals surface area contributed by atoms with E-state index >= 15 is 0 Å². The minimum Gasteiger partial charge on any atom is -0.494 e. The lowest BCUT2D eigenvalue weighted by molar-refractivity contribution is 0.0983. The molecule has 33 heavy (non-hydrogen) atoms. The number of nitrogens with zero attached hydrogens (tertiary/aromatic N) is 3. The monoisotopic (exact) mass is 487 g/mol. The van der Waals surface area contributed by atoms with Crippen molar-refractivity contribution in [3.05, 3.63) is 53.1 Å². The molecule has 0 fully saturated rings. The first-order valence-corrected chi connectivity index (χ1v) is 12.6. The Balaban J connectivity index is 0.00000306. The summed E-state index contributed by atoms with van der Waals surface area (Å²) in [6.45, 7) is 10.3. The van der Waals surface area contributed by atoms with Crippen molar-refractivity contribution < 1.29 is 9.53 Å². The Morgan fingerprint density at radius 3 is 2.48 bits per heavy atom. The average molecular weight is 488 g/mol. The number of rotatable bonds is 9. The van der Waals surface area contributed by atoms with E-state index in [1.165, 1.54) is 24.0 Å². The van der Waals surface area contributed by atoms with Crippen molar-refractivity contribution >= 4 is 45.0 Å². The molecule has 0 saturated heterocycles. The number of hydrogen-bond donors (Lipinski definition) is 0. The van der Waals surface area contributed by atoms with Gasteiger partial charge in [-0.3, -0.25) is 9.69 Å². The second kappa shape index (κ2) is 11.8. The van der Waals surface area contributed by atoms with Gasteiger partial charge < -0.3 is 9.64 Å². The van der Waals surface area contributed by atoms with E-state index in [1.54, 1.807) is 11.3 Å². The maximum Gasteiger partial charge on any atom is 0.260 e. The Kier molecular flexibility index (Phi) is 9.12. The fourth-order valence-electron chi connectivity index (χ4n) is 4.35. The molecule has 1 heterocycles. The van der Waals surface area contributed by atoms with Crippen molar-refractivity contribution in [1.29, 1.82) is 0 Å². The molecule has 5 nitrogen and oxygen atoms in total. The summed E-state index contributed by atoms with van der Waals surface area (Å²) in [6.07, 6.45) is 4.63. The van der Waals surface area contributed by atoms with Crippen LogP contribution < -0.4 is 9.64 Å². The van der Waals surface area contributed by atoms with Gasteiger partial charge in [-0.2, -0.15) is 0 Å². The highest BCUT2D eigenvalue weighted by Crippen LogP contribution is 2.33. The third-order valence-corrected chi connectivity index (χ3v) is 7.31. The van der Waals surface area contributed by atoms with Crippen LogP contribution in [0.3, 0.4) is 0 Å². The predicted molar refractivity (Wildman–Crippen MR) is 141 cm³/mol. The zero-order valence-electron chi connectivity index (χ0n) is 19.8. The highest BCUT2D eigenvalue weighted by Gasteiger charge is 2.23. The molecular weight excluding hydrogens is 454 g/mol. The average Bonchev–Trinajstić information content (AvgIpc) is 3.24. The second-order valence-electron chi connectivity index (χ2n) is 8.23. The van der Waals surface area contributed by atoms with E-state index in [0.29, 0.717) is 13.2 Å². The number of thiazole rings is 1. The topological polar surface area (TPSA) is 45.7 Å². The number of anilines is 1. The summed E-state index contributed by atoms with van der Waals surface area (Å²) in [4.78, 5) is 22.8. The van der Waals surface area contributed by atoms with Gasteiger partial charge in [0.15, 0.2) is 5.13 Å². The smallest absolute Gasteiger partial charge is 0.260 e. The molecule has 0 bridgehead atoms. The van der Waals surface area contributed by atoms with E-state index in [1.807, 2.05) is 36.1 Å². The summed E-state index contributed by atoms with van der Waals surface area (Å²) in [5.41, 5.74) is 4.39. The van der Waals surface area contributed by atoms with Gasteiger partial charge in [-0.15, -0.1) is 12.4 Å². The van der Waals surface area contributed by atoms with Crippen molar-refractivity contribution in [3.63, 3.8) is 0 Å². The quantitative estimate of drug-likeness (QED) is 0.372. The van der Waals surface area contributed by atoms with Crippen LogP contribution in [0.5, 0.6) is 5.75 Å². The minimum atomic E-state index is 0. The van der Waals surface area contributed by atoms with E-state index < -0.39 is 0 Å². The van der Waals surface area contributed by atoms with Crippen molar-refractivity contribution in [3.8, 4) is 5.75 Å². The fraction of sp³-hybridized carbons (Fsp3) is 0.462. The highest BCUT2D eigenvalue weighted by molar-refractivity contribution is 7.22. The van der Waals surface area contributed by atoms with Gasteiger partial charge in [0, 0.05) is 18.7 Å². The molecule has 178 valence electrons. The van der Waals surface area contributed by atoms with E-state index in [0.717, 1.165) is 59.1 Å². The van der Waals surface area contributed by atoms with Crippen LogP contribution in [0, 0.1) is 0 Å². The van der Waals surface area contributed by atoms with Gasteiger partial charge in [-0.25, -0.2) is 4.98 Å². The normalized spacial score (nSPS) is 13.0. The third kappa shape index (κ3) is 5.86. The first kappa shape index (κ1) is 25.5. The predicted octanol–water partition coefficient (Wildman–Crippen LogP) is 5.98. The van der Waals surface area contributed by atoms with Crippen molar-refractivity contribution in [2.24, 2.45) is 0 Å². The Labute approximate surface area is 207 Å². The van der Waals surface area contributed by atoms with Crippen molar-refractivity contribution in [2.45, 2.75) is 46.5 Å². The van der Waals surface area contributed by atoms with E-state index in [4.69, 9.17) is 9.72 Å². The van der Waals surface area contributed by atoms with Crippen LogP contribution >= 0.6 is 23.7 Å². The molecule has 0 unspecified atom stereocenters. The first-order chi connectivity index (χ1) is 15.6. The number of carbonyl (C=O) groups excluding carboxylic acids is 1. The molecule has 0 spiro atoms. The molecule has 0 aliphatic heterocycles. The number of amides is 1. The number of likely N-dealkylation sites (N-methyl/N-ethyl adjacent to an activating group) is 1. The number of carbonyl (C=O) groups is 1. The summed E-state index contributed by atoms with van der Waals surface area (Å²) in [6, 6.07) is 12.2. The van der Waals surface area contributed by atoms with Crippen molar-refractivity contribution in [2.75, 3.05) is 37.7 Å². The number of hydrogen-bond acceptors (Lipinski definition) is 5. The van der Waals surface area contributed by atoms with Crippen LogP contribution in [-0.4, -0.2) is 48.6 Å². The molecule has 1 aromatic heterocycles. The Hall–Kier alpha value is -2.15. The molecule has 1 amide bonds. The van der Waals surface area contributed by atoms with Crippen LogP contribution in [0.2, 0.25) is 0 Å². The number of benzene rings is 2. The summed E-state index contributed by atoms with van der Waals surface area (Å²) in [5.74, 6) is 0.875. The molecule has 0 saturated carbocycles. The standard InChI is InChI=1S/C26H33N3O2S.ClH/c1-4-28(5-2)15-16-29(25(30)21-12-11-19-9-7-8-10-20(19)17-21)26-27-23-14-13-22(31-6-3)18-24(23)32-26;/h11-14,17-18H,4-10,15-16H2,1-3H3;1H.